The molecule has 1 heterocycles. The number of hydrogen-bond acceptors (Lipinski definition) is 3. The van der Waals surface area contributed by atoms with E-state index >= 15 is 0 Å². The number of anilines is 1. The number of nitrogens with two attached hydrogens (primary N) is 1. The number of pyridine rings is 1. The standard InChI is InChI=1S/C20H24N4O/c1-13-8-16(2-3-18(13)14-4-6-22-7-5-14)23-19(25)24-17-11-20(12-17)9-15(21)10-20/h2-8,15,17H,9-12,21H2,1H3,(H2,23,24,25). The number of benzene rings is 1. The van der Waals surface area contributed by atoms with Gasteiger partial charge in [0.15, 0.2) is 0 Å². The van der Waals surface area contributed by atoms with Gasteiger partial charge in [0.25, 0.3) is 0 Å². The van der Waals surface area contributed by atoms with E-state index in [0.29, 0.717) is 11.5 Å². The topological polar surface area (TPSA) is 80.0 Å². The first kappa shape index (κ1) is 16.1. The van der Waals surface area contributed by atoms with Crippen molar-refractivity contribution in [2.75, 3.05) is 5.32 Å². The molecule has 0 unspecified atom stereocenters. The third-order valence-corrected chi connectivity index (χ3v) is 5.56. The molecule has 2 saturated carbocycles. The second-order valence-corrected chi connectivity index (χ2v) is 7.64. The molecular weight excluding hydrogens is 312 g/mol. The van der Waals surface area contributed by atoms with Gasteiger partial charge in [-0.05, 0) is 79.0 Å². The van der Waals surface area contributed by atoms with E-state index in [4.69, 9.17) is 5.73 Å². The zero-order valence-corrected chi connectivity index (χ0v) is 14.5. The van der Waals surface area contributed by atoms with Crippen LogP contribution in [-0.4, -0.2) is 23.1 Å². The van der Waals surface area contributed by atoms with E-state index in [1.54, 1.807) is 12.4 Å². The van der Waals surface area contributed by atoms with Gasteiger partial charge in [-0.1, -0.05) is 6.07 Å². The molecule has 1 aromatic heterocycles. The second-order valence-electron chi connectivity index (χ2n) is 7.64. The minimum Gasteiger partial charge on any atom is -0.335 e. The molecule has 1 aromatic carbocycles. The van der Waals surface area contributed by atoms with Crippen LogP contribution in [0.15, 0.2) is 42.7 Å². The quantitative estimate of drug-likeness (QED) is 0.803. The largest absolute Gasteiger partial charge is 0.335 e. The number of aromatic nitrogens is 1. The lowest BCUT2D eigenvalue weighted by Gasteiger charge is -2.56. The average Bonchev–Trinajstić information content (AvgIpc) is 2.52. The first-order chi connectivity index (χ1) is 12.0. The van der Waals surface area contributed by atoms with Gasteiger partial charge < -0.3 is 16.4 Å². The number of hydrogen-bond donors (Lipinski definition) is 3. The molecule has 0 radical (unpaired) electrons. The SMILES string of the molecule is Cc1cc(NC(=O)NC2CC3(CC(N)C3)C2)ccc1-c1ccncc1. The smallest absolute Gasteiger partial charge is 0.319 e. The van der Waals surface area contributed by atoms with Crippen molar-refractivity contribution in [3.8, 4) is 11.1 Å². The normalized spacial score (nSPS) is 27.3. The molecule has 25 heavy (non-hydrogen) atoms. The van der Waals surface area contributed by atoms with Gasteiger partial charge >= 0.3 is 6.03 Å². The van der Waals surface area contributed by atoms with E-state index in [1.165, 1.54) is 0 Å². The van der Waals surface area contributed by atoms with Crippen LogP contribution in [0.25, 0.3) is 11.1 Å². The van der Waals surface area contributed by atoms with Gasteiger partial charge in [0.2, 0.25) is 0 Å². The number of carbonyl (C=O) groups excluding carboxylic acids is 1. The van der Waals surface area contributed by atoms with Gasteiger partial charge in [0.05, 0.1) is 0 Å². The molecule has 0 atom stereocenters. The van der Waals surface area contributed by atoms with Crippen molar-refractivity contribution in [1.29, 1.82) is 0 Å². The number of aryl methyl sites for hydroxylation is 1. The number of nitrogens with one attached hydrogen (secondary N) is 2. The van der Waals surface area contributed by atoms with Crippen LogP contribution in [0, 0.1) is 12.3 Å². The first-order valence-corrected chi connectivity index (χ1v) is 8.87. The number of amides is 2. The van der Waals surface area contributed by atoms with Gasteiger partial charge in [-0.15, -0.1) is 0 Å². The van der Waals surface area contributed by atoms with Gasteiger partial charge in [-0.25, -0.2) is 4.79 Å². The lowest BCUT2D eigenvalue weighted by molar-refractivity contribution is -0.0134. The molecule has 130 valence electrons. The van der Waals surface area contributed by atoms with Gasteiger partial charge in [0.1, 0.15) is 0 Å². The Hall–Kier alpha value is -2.40. The number of urea groups is 1. The second kappa shape index (κ2) is 6.15. The fourth-order valence-corrected chi connectivity index (χ4v) is 4.42. The lowest BCUT2D eigenvalue weighted by Crippen LogP contribution is -2.60. The minimum absolute atomic E-state index is 0.125. The van der Waals surface area contributed by atoms with Crippen LogP contribution in [0.3, 0.4) is 0 Å². The van der Waals surface area contributed by atoms with E-state index in [2.05, 4.69) is 15.6 Å². The number of carbonyl (C=O) groups is 1. The third kappa shape index (κ3) is 3.24. The van der Waals surface area contributed by atoms with E-state index in [9.17, 15) is 4.79 Å². The molecule has 5 heteroatoms. The Labute approximate surface area is 148 Å². The molecule has 2 fully saturated rings. The van der Waals surface area contributed by atoms with Crippen molar-refractivity contribution in [2.45, 2.75) is 44.7 Å². The predicted molar refractivity (Wildman–Crippen MR) is 99.2 cm³/mol. The highest BCUT2D eigenvalue weighted by molar-refractivity contribution is 5.90. The van der Waals surface area contributed by atoms with Crippen molar-refractivity contribution >= 4 is 11.7 Å². The van der Waals surface area contributed by atoms with Crippen molar-refractivity contribution in [3.63, 3.8) is 0 Å². The van der Waals surface area contributed by atoms with Crippen LogP contribution in [0.1, 0.15) is 31.2 Å². The minimum atomic E-state index is -0.125. The summed E-state index contributed by atoms with van der Waals surface area (Å²) in [6.07, 6.45) is 7.93. The van der Waals surface area contributed by atoms with Crippen molar-refractivity contribution < 1.29 is 4.79 Å². The summed E-state index contributed by atoms with van der Waals surface area (Å²) in [7, 11) is 0. The molecule has 0 saturated heterocycles. The Morgan fingerprint density at radius 2 is 1.88 bits per heavy atom. The summed E-state index contributed by atoms with van der Waals surface area (Å²) in [5, 5.41) is 6.02. The molecular formula is C20H24N4O. The molecule has 1 spiro atoms. The molecule has 2 aliphatic rings. The zero-order valence-electron chi connectivity index (χ0n) is 14.5. The summed E-state index contributed by atoms with van der Waals surface area (Å²) >= 11 is 0. The summed E-state index contributed by atoms with van der Waals surface area (Å²) in [5.74, 6) is 0. The molecule has 2 aliphatic carbocycles. The van der Waals surface area contributed by atoms with Gasteiger partial charge in [-0.2, -0.15) is 0 Å². The number of rotatable bonds is 3. The molecule has 4 N–H and O–H groups in total. The first-order valence-electron chi connectivity index (χ1n) is 8.87. The molecule has 4 rings (SSSR count). The Bertz CT molecular complexity index is 776. The zero-order chi connectivity index (χ0) is 17.4. The maximum absolute atomic E-state index is 12.2. The average molecular weight is 336 g/mol. The van der Waals surface area contributed by atoms with Crippen molar-refractivity contribution in [2.24, 2.45) is 11.1 Å². The molecule has 0 aliphatic heterocycles. The van der Waals surface area contributed by atoms with Crippen LogP contribution in [0.4, 0.5) is 10.5 Å². The fraction of sp³-hybridized carbons (Fsp3) is 0.400. The molecule has 5 nitrogen and oxygen atoms in total. The lowest BCUT2D eigenvalue weighted by atomic mass is 9.52. The summed E-state index contributed by atoms with van der Waals surface area (Å²) in [5.41, 5.74) is 10.5. The summed E-state index contributed by atoms with van der Waals surface area (Å²) < 4.78 is 0. The van der Waals surface area contributed by atoms with E-state index < -0.39 is 0 Å². The van der Waals surface area contributed by atoms with Crippen LogP contribution < -0.4 is 16.4 Å². The Kier molecular flexibility index (Phi) is 3.96. The van der Waals surface area contributed by atoms with Crippen LogP contribution in [0.5, 0.6) is 0 Å². The highest BCUT2D eigenvalue weighted by atomic mass is 16.2. The van der Waals surface area contributed by atoms with Crippen LogP contribution >= 0.6 is 0 Å². The predicted octanol–water partition coefficient (Wildman–Crippen LogP) is 3.45. The Morgan fingerprint density at radius 1 is 1.16 bits per heavy atom. The summed E-state index contributed by atoms with van der Waals surface area (Å²) in [6, 6.07) is 10.5. The maximum Gasteiger partial charge on any atom is 0.319 e. The highest BCUT2D eigenvalue weighted by Gasteiger charge is 2.52. The Morgan fingerprint density at radius 3 is 2.52 bits per heavy atom. The van der Waals surface area contributed by atoms with E-state index in [0.717, 1.165) is 48.1 Å². The van der Waals surface area contributed by atoms with Crippen LogP contribution in [0.2, 0.25) is 0 Å². The fourth-order valence-electron chi connectivity index (χ4n) is 4.42. The van der Waals surface area contributed by atoms with Gasteiger partial charge in [-0.3, -0.25) is 4.98 Å². The summed E-state index contributed by atoms with van der Waals surface area (Å²) in [4.78, 5) is 16.3. The Balaban J connectivity index is 1.34. The van der Waals surface area contributed by atoms with E-state index in [1.807, 2.05) is 37.3 Å². The monoisotopic (exact) mass is 336 g/mol. The van der Waals surface area contributed by atoms with E-state index in [-0.39, 0.29) is 12.1 Å². The molecule has 2 aromatic rings. The van der Waals surface area contributed by atoms with Crippen molar-refractivity contribution in [3.05, 3.63) is 48.3 Å². The van der Waals surface area contributed by atoms with Gasteiger partial charge in [0, 0.05) is 30.2 Å². The van der Waals surface area contributed by atoms with Crippen LogP contribution in [-0.2, 0) is 0 Å². The molecule has 0 bridgehead atoms. The summed E-state index contributed by atoms with van der Waals surface area (Å²) in [6.45, 7) is 2.05. The van der Waals surface area contributed by atoms with Crippen molar-refractivity contribution in [1.82, 2.24) is 10.3 Å². The highest BCUT2D eigenvalue weighted by Crippen LogP contribution is 2.55. The maximum atomic E-state index is 12.2. The molecule has 2 amide bonds. The third-order valence-electron chi connectivity index (χ3n) is 5.56. The number of nitrogens with zero attached hydrogens (tertiary/aromatic N) is 1.